The van der Waals surface area contributed by atoms with E-state index in [4.69, 9.17) is 5.73 Å². The number of nitrogens with two attached hydrogens (primary N) is 1. The van der Waals surface area contributed by atoms with Gasteiger partial charge >= 0.3 is 0 Å². The predicted octanol–water partition coefficient (Wildman–Crippen LogP) is 3.73. The molecule has 0 atom stereocenters. The third-order valence-electron chi connectivity index (χ3n) is 2.44. The van der Waals surface area contributed by atoms with E-state index in [0.29, 0.717) is 10.2 Å². The molecule has 0 aliphatic carbocycles. The van der Waals surface area contributed by atoms with Crippen molar-refractivity contribution in [2.75, 3.05) is 10.5 Å². The first-order chi connectivity index (χ1) is 9.29. The lowest BCUT2D eigenvalue weighted by molar-refractivity contribution is 0.596. The zero-order valence-corrected chi connectivity index (χ0v) is 13.9. The number of halogens is 3. The second kappa shape index (κ2) is 5.71. The van der Waals surface area contributed by atoms with E-state index in [1.807, 2.05) is 0 Å². The Kier molecular flexibility index (Phi) is 4.36. The van der Waals surface area contributed by atoms with Crippen molar-refractivity contribution in [2.24, 2.45) is 0 Å². The molecule has 0 aliphatic rings. The fourth-order valence-corrected chi connectivity index (χ4v) is 4.01. The maximum absolute atomic E-state index is 13.2. The molecule has 2 rings (SSSR count). The summed E-state index contributed by atoms with van der Waals surface area (Å²) < 4.78 is 41.3. The van der Waals surface area contributed by atoms with Gasteiger partial charge in [0, 0.05) is 8.95 Å². The molecule has 0 amide bonds. The summed E-state index contributed by atoms with van der Waals surface area (Å²) in [5, 5.41) is 0. The van der Waals surface area contributed by atoms with Gasteiger partial charge < -0.3 is 5.73 Å². The van der Waals surface area contributed by atoms with Gasteiger partial charge in [0.15, 0.2) is 0 Å². The van der Waals surface area contributed by atoms with Crippen molar-refractivity contribution >= 4 is 53.3 Å². The third kappa shape index (κ3) is 3.31. The fraction of sp³-hybridized carbons (Fsp3) is 0. The average Bonchev–Trinajstić information content (AvgIpc) is 2.35. The quantitative estimate of drug-likeness (QED) is 0.738. The van der Waals surface area contributed by atoms with Crippen molar-refractivity contribution in [3.05, 3.63) is 51.2 Å². The normalized spacial score (nSPS) is 11.3. The Bertz CT molecular complexity index is 766. The van der Waals surface area contributed by atoms with Gasteiger partial charge in [0.05, 0.1) is 11.4 Å². The van der Waals surface area contributed by atoms with E-state index < -0.39 is 15.8 Å². The number of hydrogen-bond donors (Lipinski definition) is 2. The van der Waals surface area contributed by atoms with Crippen LogP contribution in [0.1, 0.15) is 0 Å². The van der Waals surface area contributed by atoms with Crippen molar-refractivity contribution in [1.82, 2.24) is 0 Å². The van der Waals surface area contributed by atoms with Crippen LogP contribution in [-0.2, 0) is 10.0 Å². The number of nitrogens with one attached hydrogen (secondary N) is 1. The van der Waals surface area contributed by atoms with E-state index in [1.165, 1.54) is 6.07 Å². The summed E-state index contributed by atoms with van der Waals surface area (Å²) in [4.78, 5) is -0.299. The summed E-state index contributed by atoms with van der Waals surface area (Å²) in [5.41, 5.74) is 5.90. The SMILES string of the molecule is Nc1ccc(F)cc1S(=O)(=O)Nc1ccc(Br)cc1Br. The molecule has 3 N–H and O–H groups in total. The summed E-state index contributed by atoms with van der Waals surface area (Å²) in [6.45, 7) is 0. The topological polar surface area (TPSA) is 72.2 Å². The van der Waals surface area contributed by atoms with Crippen LogP contribution in [0.5, 0.6) is 0 Å². The fourth-order valence-electron chi connectivity index (χ4n) is 1.51. The molecule has 0 bridgehead atoms. The van der Waals surface area contributed by atoms with Crippen LogP contribution in [0.4, 0.5) is 15.8 Å². The van der Waals surface area contributed by atoms with Crippen LogP contribution >= 0.6 is 31.9 Å². The highest BCUT2D eigenvalue weighted by Gasteiger charge is 2.19. The number of sulfonamides is 1. The minimum Gasteiger partial charge on any atom is -0.398 e. The molecule has 0 fully saturated rings. The highest BCUT2D eigenvalue weighted by atomic mass is 79.9. The molecule has 0 aliphatic heterocycles. The standard InChI is InChI=1S/C12H9Br2FN2O2S/c13-7-1-4-11(9(14)5-7)17-20(18,19)12-6-8(15)2-3-10(12)16/h1-6,17H,16H2. The maximum atomic E-state index is 13.2. The van der Waals surface area contributed by atoms with Crippen LogP contribution in [0.25, 0.3) is 0 Å². The van der Waals surface area contributed by atoms with E-state index in [9.17, 15) is 12.8 Å². The second-order valence-corrected chi connectivity index (χ2v) is 7.33. The Labute approximate surface area is 132 Å². The first kappa shape index (κ1) is 15.3. The first-order valence-corrected chi connectivity index (χ1v) is 8.39. The lowest BCUT2D eigenvalue weighted by Gasteiger charge is -2.11. The Balaban J connectivity index is 2.43. The van der Waals surface area contributed by atoms with Crippen molar-refractivity contribution in [2.45, 2.75) is 4.90 Å². The summed E-state index contributed by atoms with van der Waals surface area (Å²) in [5.74, 6) is -0.672. The molecule has 4 nitrogen and oxygen atoms in total. The Morgan fingerprint density at radius 3 is 2.45 bits per heavy atom. The van der Waals surface area contributed by atoms with Gasteiger partial charge in [-0.3, -0.25) is 4.72 Å². The van der Waals surface area contributed by atoms with Crippen LogP contribution in [0, 0.1) is 5.82 Å². The van der Waals surface area contributed by atoms with Crippen LogP contribution in [0.15, 0.2) is 50.2 Å². The van der Waals surface area contributed by atoms with E-state index in [2.05, 4.69) is 36.6 Å². The molecule has 20 heavy (non-hydrogen) atoms. The second-order valence-electron chi connectivity index (χ2n) is 3.91. The Hall–Kier alpha value is -1.12. The van der Waals surface area contributed by atoms with Crippen molar-refractivity contribution < 1.29 is 12.8 Å². The third-order valence-corrected chi connectivity index (χ3v) is 5.01. The van der Waals surface area contributed by atoms with E-state index >= 15 is 0 Å². The molecule has 0 saturated carbocycles. The zero-order chi connectivity index (χ0) is 14.9. The van der Waals surface area contributed by atoms with E-state index in [1.54, 1.807) is 18.2 Å². The summed E-state index contributed by atoms with van der Waals surface area (Å²) in [6, 6.07) is 8.13. The molecule has 0 radical (unpaired) electrons. The minimum absolute atomic E-state index is 0.0212. The number of benzene rings is 2. The molecule has 2 aromatic carbocycles. The number of nitrogen functional groups attached to an aromatic ring is 1. The summed E-state index contributed by atoms with van der Waals surface area (Å²) in [6.07, 6.45) is 0. The molecular formula is C12H9Br2FN2O2S. The van der Waals surface area contributed by atoms with Gasteiger partial charge in [-0.05, 0) is 52.3 Å². The molecule has 0 unspecified atom stereocenters. The Morgan fingerprint density at radius 2 is 1.80 bits per heavy atom. The van der Waals surface area contributed by atoms with E-state index in [-0.39, 0.29) is 10.6 Å². The van der Waals surface area contributed by atoms with Crippen molar-refractivity contribution in [1.29, 1.82) is 0 Å². The lowest BCUT2D eigenvalue weighted by atomic mass is 10.3. The monoisotopic (exact) mass is 422 g/mol. The van der Waals surface area contributed by atoms with Gasteiger partial charge in [0.2, 0.25) is 0 Å². The number of anilines is 2. The van der Waals surface area contributed by atoms with Gasteiger partial charge in [0.1, 0.15) is 10.7 Å². The first-order valence-electron chi connectivity index (χ1n) is 5.32. The van der Waals surface area contributed by atoms with Gasteiger partial charge in [-0.2, -0.15) is 0 Å². The number of rotatable bonds is 3. The van der Waals surface area contributed by atoms with Gasteiger partial charge in [-0.25, -0.2) is 12.8 Å². The van der Waals surface area contributed by atoms with E-state index in [0.717, 1.165) is 16.6 Å². The van der Waals surface area contributed by atoms with Crippen LogP contribution in [0.2, 0.25) is 0 Å². The van der Waals surface area contributed by atoms with Crippen molar-refractivity contribution in [3.8, 4) is 0 Å². The average molecular weight is 424 g/mol. The minimum atomic E-state index is -3.96. The predicted molar refractivity (Wildman–Crippen MR) is 83.5 cm³/mol. The van der Waals surface area contributed by atoms with Gasteiger partial charge in [0.25, 0.3) is 10.0 Å². The molecule has 8 heteroatoms. The molecule has 0 heterocycles. The summed E-state index contributed by atoms with van der Waals surface area (Å²) >= 11 is 6.51. The van der Waals surface area contributed by atoms with Gasteiger partial charge in [-0.15, -0.1) is 0 Å². The van der Waals surface area contributed by atoms with Crippen LogP contribution < -0.4 is 10.5 Å². The lowest BCUT2D eigenvalue weighted by Crippen LogP contribution is -2.15. The Morgan fingerprint density at radius 1 is 1.10 bits per heavy atom. The molecule has 0 saturated heterocycles. The maximum Gasteiger partial charge on any atom is 0.264 e. The molecule has 0 aromatic heterocycles. The smallest absolute Gasteiger partial charge is 0.264 e. The zero-order valence-electron chi connectivity index (χ0n) is 9.90. The molecule has 0 spiro atoms. The highest BCUT2D eigenvalue weighted by Crippen LogP contribution is 2.29. The summed E-state index contributed by atoms with van der Waals surface area (Å²) in [7, 11) is -3.96. The largest absolute Gasteiger partial charge is 0.398 e. The van der Waals surface area contributed by atoms with Crippen LogP contribution in [0.3, 0.4) is 0 Å². The highest BCUT2D eigenvalue weighted by molar-refractivity contribution is 9.11. The molecular weight excluding hydrogens is 415 g/mol. The number of hydrogen-bond acceptors (Lipinski definition) is 3. The molecule has 2 aromatic rings. The van der Waals surface area contributed by atoms with Crippen molar-refractivity contribution in [3.63, 3.8) is 0 Å². The van der Waals surface area contributed by atoms with Gasteiger partial charge in [-0.1, -0.05) is 15.9 Å². The molecule has 106 valence electrons. The van der Waals surface area contributed by atoms with Crippen LogP contribution in [-0.4, -0.2) is 8.42 Å².